The molecular formula is C43H31NS. The number of anilines is 3. The lowest BCUT2D eigenvalue weighted by atomic mass is 9.82. The molecule has 9 rings (SSSR count). The van der Waals surface area contributed by atoms with E-state index in [0.29, 0.717) is 0 Å². The Morgan fingerprint density at radius 2 is 1.13 bits per heavy atom. The van der Waals surface area contributed by atoms with Crippen LogP contribution in [0.2, 0.25) is 0 Å². The van der Waals surface area contributed by atoms with Gasteiger partial charge in [0.05, 0.1) is 16.1 Å². The lowest BCUT2D eigenvalue weighted by Crippen LogP contribution is -2.16. The van der Waals surface area contributed by atoms with Crippen LogP contribution in [0.25, 0.3) is 53.2 Å². The van der Waals surface area contributed by atoms with Gasteiger partial charge in [-0.25, -0.2) is 0 Å². The average Bonchev–Trinajstić information content (AvgIpc) is 3.58. The summed E-state index contributed by atoms with van der Waals surface area (Å²) >= 11 is 1.88. The molecule has 214 valence electrons. The van der Waals surface area contributed by atoms with Gasteiger partial charge < -0.3 is 4.90 Å². The minimum atomic E-state index is -0.0868. The van der Waals surface area contributed by atoms with Crippen molar-refractivity contribution >= 4 is 59.3 Å². The van der Waals surface area contributed by atoms with E-state index in [2.05, 4.69) is 170 Å². The van der Waals surface area contributed by atoms with E-state index in [1.165, 1.54) is 81.4 Å². The number of hydrogen-bond donors (Lipinski definition) is 0. The summed E-state index contributed by atoms with van der Waals surface area (Å²) in [5.74, 6) is 0. The Bertz CT molecular complexity index is 2410. The van der Waals surface area contributed by atoms with Crippen LogP contribution in [0.3, 0.4) is 0 Å². The van der Waals surface area contributed by atoms with Gasteiger partial charge in [0.1, 0.15) is 0 Å². The molecule has 8 aromatic rings. The maximum Gasteiger partial charge on any atom is 0.0640 e. The zero-order valence-corrected chi connectivity index (χ0v) is 26.1. The highest BCUT2D eigenvalue weighted by Gasteiger charge is 2.36. The van der Waals surface area contributed by atoms with E-state index in [-0.39, 0.29) is 5.41 Å². The molecule has 0 amide bonds. The van der Waals surface area contributed by atoms with Crippen LogP contribution in [-0.2, 0) is 5.41 Å². The second-order valence-corrected chi connectivity index (χ2v) is 13.6. The summed E-state index contributed by atoms with van der Waals surface area (Å²) in [6.07, 6.45) is 0. The molecule has 0 bridgehead atoms. The lowest BCUT2D eigenvalue weighted by molar-refractivity contribution is 0.660. The number of hydrogen-bond acceptors (Lipinski definition) is 2. The predicted molar refractivity (Wildman–Crippen MR) is 195 cm³/mol. The van der Waals surface area contributed by atoms with Crippen LogP contribution in [0.5, 0.6) is 0 Å². The monoisotopic (exact) mass is 593 g/mol. The standard InChI is InChI=1S/C43H31NS/c1-43(2)37-20-10-8-16-32(37)33-24-23-29(27-38(33)43)44(40-21-12-19-36-35-18-9-11-22-41(35)45-42(36)40)39-26-25-30(28-13-4-3-5-14-28)31-15-6-7-17-34(31)39/h3-27H,1-2H3. The fourth-order valence-corrected chi connectivity index (χ4v) is 8.70. The summed E-state index contributed by atoms with van der Waals surface area (Å²) in [7, 11) is 0. The molecule has 1 aliphatic carbocycles. The maximum atomic E-state index is 2.51. The zero-order chi connectivity index (χ0) is 30.1. The number of fused-ring (bicyclic) bond motifs is 7. The molecule has 0 radical (unpaired) electrons. The summed E-state index contributed by atoms with van der Waals surface area (Å²) in [5, 5.41) is 5.11. The molecule has 0 N–H and O–H groups in total. The van der Waals surface area contributed by atoms with Crippen molar-refractivity contribution in [2.45, 2.75) is 19.3 Å². The fraction of sp³-hybridized carbons (Fsp3) is 0.0698. The van der Waals surface area contributed by atoms with Gasteiger partial charge in [0.15, 0.2) is 0 Å². The van der Waals surface area contributed by atoms with Crippen molar-refractivity contribution in [3.63, 3.8) is 0 Å². The quantitative estimate of drug-likeness (QED) is 0.196. The number of nitrogens with zero attached hydrogens (tertiary/aromatic N) is 1. The second-order valence-electron chi connectivity index (χ2n) is 12.5. The van der Waals surface area contributed by atoms with Crippen LogP contribution >= 0.6 is 11.3 Å². The Kier molecular flexibility index (Phi) is 5.78. The van der Waals surface area contributed by atoms with Gasteiger partial charge in [-0.2, -0.15) is 0 Å². The van der Waals surface area contributed by atoms with Crippen LogP contribution in [0.1, 0.15) is 25.0 Å². The minimum Gasteiger partial charge on any atom is -0.308 e. The first-order valence-electron chi connectivity index (χ1n) is 15.6. The smallest absolute Gasteiger partial charge is 0.0640 e. The zero-order valence-electron chi connectivity index (χ0n) is 25.3. The third-order valence-corrected chi connectivity index (χ3v) is 10.9. The van der Waals surface area contributed by atoms with Gasteiger partial charge in [-0.05, 0) is 69.1 Å². The van der Waals surface area contributed by atoms with Gasteiger partial charge >= 0.3 is 0 Å². The Hall–Kier alpha value is -5.18. The molecule has 7 aromatic carbocycles. The third-order valence-electron chi connectivity index (χ3n) is 9.68. The summed E-state index contributed by atoms with van der Waals surface area (Å²) < 4.78 is 2.62. The highest BCUT2D eigenvalue weighted by Crippen LogP contribution is 2.52. The van der Waals surface area contributed by atoms with Crippen molar-refractivity contribution in [3.05, 3.63) is 163 Å². The third kappa shape index (κ3) is 3.92. The van der Waals surface area contributed by atoms with Gasteiger partial charge in [-0.3, -0.25) is 0 Å². The van der Waals surface area contributed by atoms with Gasteiger partial charge in [0, 0.05) is 32.0 Å². The molecule has 1 aliphatic rings. The molecule has 1 heterocycles. The van der Waals surface area contributed by atoms with Crippen LogP contribution in [0.15, 0.2) is 152 Å². The van der Waals surface area contributed by atoms with Crippen molar-refractivity contribution in [2.75, 3.05) is 4.90 Å². The molecule has 2 heteroatoms. The van der Waals surface area contributed by atoms with Gasteiger partial charge in [-0.15, -0.1) is 11.3 Å². The molecule has 45 heavy (non-hydrogen) atoms. The van der Waals surface area contributed by atoms with Crippen molar-refractivity contribution in [1.29, 1.82) is 0 Å². The molecular weight excluding hydrogens is 563 g/mol. The molecule has 0 saturated carbocycles. The van der Waals surface area contributed by atoms with E-state index < -0.39 is 0 Å². The number of benzene rings is 7. The number of rotatable bonds is 4. The molecule has 1 aromatic heterocycles. The summed E-state index contributed by atoms with van der Waals surface area (Å²) in [5.41, 5.74) is 11.4. The van der Waals surface area contributed by atoms with E-state index in [9.17, 15) is 0 Å². The Morgan fingerprint density at radius 1 is 0.467 bits per heavy atom. The topological polar surface area (TPSA) is 3.24 Å². The molecule has 0 aliphatic heterocycles. The SMILES string of the molecule is CC1(C)c2ccccc2-c2ccc(N(c3ccc(-c4ccccc4)c4ccccc34)c3cccc4c3sc3ccccc34)cc21. The molecule has 0 fully saturated rings. The van der Waals surface area contributed by atoms with E-state index >= 15 is 0 Å². The highest BCUT2D eigenvalue weighted by molar-refractivity contribution is 7.26. The normalized spacial score (nSPS) is 13.3. The predicted octanol–water partition coefficient (Wildman–Crippen LogP) is 12.7. The van der Waals surface area contributed by atoms with Crippen molar-refractivity contribution in [2.24, 2.45) is 0 Å². The van der Waals surface area contributed by atoms with E-state index in [0.717, 1.165) is 0 Å². The molecule has 0 atom stereocenters. The van der Waals surface area contributed by atoms with Gasteiger partial charge in [-0.1, -0.05) is 135 Å². The Labute approximate surface area is 267 Å². The van der Waals surface area contributed by atoms with E-state index in [1.54, 1.807) is 0 Å². The van der Waals surface area contributed by atoms with Crippen LogP contribution in [0.4, 0.5) is 17.1 Å². The van der Waals surface area contributed by atoms with E-state index in [4.69, 9.17) is 0 Å². The highest BCUT2D eigenvalue weighted by atomic mass is 32.1. The van der Waals surface area contributed by atoms with Crippen molar-refractivity contribution in [3.8, 4) is 22.3 Å². The van der Waals surface area contributed by atoms with Gasteiger partial charge in [0.2, 0.25) is 0 Å². The molecule has 0 unspecified atom stereocenters. The maximum absolute atomic E-state index is 2.51. The minimum absolute atomic E-state index is 0.0868. The van der Waals surface area contributed by atoms with Crippen LogP contribution < -0.4 is 4.90 Å². The Morgan fingerprint density at radius 3 is 2.00 bits per heavy atom. The van der Waals surface area contributed by atoms with Crippen molar-refractivity contribution in [1.82, 2.24) is 0 Å². The Balaban J connectivity index is 1.34. The molecule has 1 nitrogen and oxygen atoms in total. The van der Waals surface area contributed by atoms with Gasteiger partial charge in [0.25, 0.3) is 0 Å². The molecule has 0 saturated heterocycles. The first-order valence-corrected chi connectivity index (χ1v) is 16.4. The average molecular weight is 594 g/mol. The fourth-order valence-electron chi connectivity index (χ4n) is 7.50. The largest absolute Gasteiger partial charge is 0.308 e. The first-order chi connectivity index (χ1) is 22.1. The first kappa shape index (κ1) is 26.2. The summed E-state index contributed by atoms with van der Waals surface area (Å²) in [4.78, 5) is 2.51. The van der Waals surface area contributed by atoms with Crippen LogP contribution in [0, 0.1) is 0 Å². The number of thiophene rings is 1. The lowest BCUT2D eigenvalue weighted by Gasteiger charge is -2.30. The summed E-state index contributed by atoms with van der Waals surface area (Å²) in [6.45, 7) is 4.73. The second kappa shape index (κ2) is 9.92. The van der Waals surface area contributed by atoms with Crippen LogP contribution in [-0.4, -0.2) is 0 Å². The summed E-state index contributed by atoms with van der Waals surface area (Å²) in [6, 6.07) is 55.8. The molecule has 0 spiro atoms. The van der Waals surface area contributed by atoms with Crippen molar-refractivity contribution < 1.29 is 0 Å². The van der Waals surface area contributed by atoms with E-state index in [1.807, 2.05) is 11.3 Å².